The lowest BCUT2D eigenvalue weighted by Gasteiger charge is -2.26. The predicted molar refractivity (Wildman–Crippen MR) is 113 cm³/mol. The monoisotopic (exact) mass is 336 g/mol. The highest BCUT2D eigenvalue weighted by molar-refractivity contribution is 5.78. The van der Waals surface area contributed by atoms with Crippen molar-refractivity contribution in [1.82, 2.24) is 0 Å². The molecule has 0 spiro atoms. The van der Waals surface area contributed by atoms with Crippen molar-refractivity contribution in [3.05, 3.63) is 58.1 Å². The van der Waals surface area contributed by atoms with Gasteiger partial charge in [0.1, 0.15) is 0 Å². The summed E-state index contributed by atoms with van der Waals surface area (Å²) in [4.78, 5) is 0. The molecular weight excluding hydrogens is 300 g/mol. The van der Waals surface area contributed by atoms with Gasteiger partial charge in [0, 0.05) is 0 Å². The van der Waals surface area contributed by atoms with Crippen LogP contribution < -0.4 is 0 Å². The van der Waals surface area contributed by atoms with Gasteiger partial charge in [-0.2, -0.15) is 0 Å². The van der Waals surface area contributed by atoms with Gasteiger partial charge in [-0.3, -0.25) is 0 Å². The van der Waals surface area contributed by atoms with Crippen LogP contribution in [-0.4, -0.2) is 0 Å². The maximum Gasteiger partial charge on any atom is -0.0109 e. The second-order valence-electron chi connectivity index (χ2n) is 8.20. The van der Waals surface area contributed by atoms with E-state index >= 15 is 0 Å². The van der Waals surface area contributed by atoms with Crippen molar-refractivity contribution >= 4 is 0 Å². The first-order valence-electron chi connectivity index (χ1n) is 10.1. The fourth-order valence-electron chi connectivity index (χ4n) is 3.81. The molecule has 2 aromatic carbocycles. The van der Waals surface area contributed by atoms with Gasteiger partial charge in [-0.1, -0.05) is 85.7 Å². The third-order valence-electron chi connectivity index (χ3n) is 5.38. The van der Waals surface area contributed by atoms with Gasteiger partial charge in [0.2, 0.25) is 0 Å². The Morgan fingerprint density at radius 2 is 1.08 bits per heavy atom. The van der Waals surface area contributed by atoms with Crippen LogP contribution in [0.2, 0.25) is 0 Å². The third-order valence-corrected chi connectivity index (χ3v) is 5.38. The third kappa shape index (κ3) is 4.00. The van der Waals surface area contributed by atoms with Crippen molar-refractivity contribution in [2.24, 2.45) is 0 Å². The van der Waals surface area contributed by atoms with Crippen molar-refractivity contribution in [1.29, 1.82) is 0 Å². The zero-order valence-electron chi connectivity index (χ0n) is 17.5. The summed E-state index contributed by atoms with van der Waals surface area (Å²) in [5.41, 5.74) is 10.5. The van der Waals surface area contributed by atoms with Crippen molar-refractivity contribution in [3.63, 3.8) is 0 Å². The second kappa shape index (κ2) is 8.21. The largest absolute Gasteiger partial charge is 0.0617 e. The van der Waals surface area contributed by atoms with Crippen LogP contribution >= 0.6 is 0 Å². The van der Waals surface area contributed by atoms with E-state index in [0.717, 1.165) is 12.8 Å². The Balaban J connectivity index is 2.94. The smallest absolute Gasteiger partial charge is 0.0109 e. The molecule has 0 N–H and O–H groups in total. The maximum atomic E-state index is 2.47. The fraction of sp³-hybridized carbons (Fsp3) is 0.520. The van der Waals surface area contributed by atoms with Crippen LogP contribution in [-0.2, 0) is 12.8 Å². The summed E-state index contributed by atoms with van der Waals surface area (Å²) in [6.07, 6.45) is 2.17. The molecule has 0 aliphatic rings. The van der Waals surface area contributed by atoms with E-state index in [9.17, 15) is 0 Å². The minimum Gasteiger partial charge on any atom is -0.0617 e. The molecule has 25 heavy (non-hydrogen) atoms. The highest BCUT2D eigenvalue weighted by atomic mass is 14.3. The molecule has 136 valence electrons. The van der Waals surface area contributed by atoms with E-state index in [1.807, 2.05) is 0 Å². The zero-order valence-corrected chi connectivity index (χ0v) is 17.5. The minimum atomic E-state index is 0.529. The van der Waals surface area contributed by atoms with Gasteiger partial charge in [0.05, 0.1) is 0 Å². The average molecular weight is 337 g/mol. The van der Waals surface area contributed by atoms with Crippen molar-refractivity contribution in [3.8, 4) is 11.1 Å². The number of benzene rings is 2. The Labute approximate surface area is 155 Å². The van der Waals surface area contributed by atoms with E-state index in [0.29, 0.717) is 17.8 Å². The van der Waals surface area contributed by atoms with E-state index in [1.165, 1.54) is 38.9 Å². The highest BCUT2D eigenvalue weighted by Gasteiger charge is 2.21. The number of aryl methyl sites for hydroxylation is 2. The number of hydrogen-bond acceptors (Lipinski definition) is 0. The van der Waals surface area contributed by atoms with E-state index in [2.05, 4.69) is 85.7 Å². The normalized spacial score (nSPS) is 11.8. The molecule has 0 bridgehead atoms. The Kier molecular flexibility index (Phi) is 6.49. The molecule has 0 nitrogen and oxygen atoms in total. The number of hydrogen-bond donors (Lipinski definition) is 0. The molecule has 0 amide bonds. The molecule has 0 radical (unpaired) electrons. The first kappa shape index (κ1) is 19.8. The molecule has 0 atom stereocenters. The summed E-state index contributed by atoms with van der Waals surface area (Å²) < 4.78 is 0. The van der Waals surface area contributed by atoms with Gasteiger partial charge in [0.15, 0.2) is 0 Å². The molecule has 0 aliphatic heterocycles. The van der Waals surface area contributed by atoms with Crippen LogP contribution in [0.1, 0.15) is 101 Å². The molecule has 2 rings (SSSR count). The lowest BCUT2D eigenvalue weighted by atomic mass is 9.78. The standard InChI is InChI=1S/C25H36/c1-9-19-12-11-13-20(10-2)24(19)25-22(17(5)6)14-21(16(3)4)15-23(25)18(7)8/h11-18H,9-10H2,1-8H3. The molecule has 0 heterocycles. The summed E-state index contributed by atoms with van der Waals surface area (Å²) in [5, 5.41) is 0. The van der Waals surface area contributed by atoms with Crippen molar-refractivity contribution in [2.75, 3.05) is 0 Å². The average Bonchev–Trinajstić information content (AvgIpc) is 2.59. The predicted octanol–water partition coefficient (Wildman–Crippen LogP) is 7.85. The maximum absolute atomic E-state index is 2.47. The fourth-order valence-corrected chi connectivity index (χ4v) is 3.81. The Bertz CT molecular complexity index is 666. The van der Waals surface area contributed by atoms with Crippen LogP contribution in [0.4, 0.5) is 0 Å². The van der Waals surface area contributed by atoms with Crippen LogP contribution in [0.5, 0.6) is 0 Å². The molecule has 0 aromatic heterocycles. The van der Waals surface area contributed by atoms with Gasteiger partial charge in [-0.15, -0.1) is 0 Å². The Morgan fingerprint density at radius 1 is 0.640 bits per heavy atom. The first-order valence-corrected chi connectivity index (χ1v) is 10.1. The summed E-state index contributed by atoms with van der Waals surface area (Å²) >= 11 is 0. The quantitative estimate of drug-likeness (QED) is 0.504. The Hall–Kier alpha value is -1.56. The molecule has 0 unspecified atom stereocenters. The van der Waals surface area contributed by atoms with Gasteiger partial charge in [-0.25, -0.2) is 0 Å². The lowest BCUT2D eigenvalue weighted by Crippen LogP contribution is -2.06. The first-order chi connectivity index (χ1) is 11.8. The molecule has 0 aliphatic carbocycles. The Morgan fingerprint density at radius 3 is 1.40 bits per heavy atom. The second-order valence-corrected chi connectivity index (χ2v) is 8.20. The molecule has 0 heteroatoms. The van der Waals surface area contributed by atoms with E-state index < -0.39 is 0 Å². The summed E-state index contributed by atoms with van der Waals surface area (Å²) in [6, 6.07) is 11.8. The van der Waals surface area contributed by atoms with Gasteiger partial charge in [-0.05, 0) is 69.5 Å². The van der Waals surface area contributed by atoms with Crippen molar-refractivity contribution < 1.29 is 0 Å². The van der Waals surface area contributed by atoms with Crippen molar-refractivity contribution in [2.45, 2.75) is 86.0 Å². The van der Waals surface area contributed by atoms with Gasteiger partial charge in [0.25, 0.3) is 0 Å². The molecular formula is C25H36. The molecule has 2 aromatic rings. The van der Waals surface area contributed by atoms with Gasteiger partial charge < -0.3 is 0 Å². The molecule has 0 saturated heterocycles. The lowest BCUT2D eigenvalue weighted by molar-refractivity contribution is 0.806. The van der Waals surface area contributed by atoms with Crippen LogP contribution in [0.3, 0.4) is 0 Å². The summed E-state index contributed by atoms with van der Waals surface area (Å²) in [5.74, 6) is 1.62. The van der Waals surface area contributed by atoms with E-state index in [4.69, 9.17) is 0 Å². The van der Waals surface area contributed by atoms with Crippen LogP contribution in [0, 0.1) is 0 Å². The number of rotatable bonds is 6. The minimum absolute atomic E-state index is 0.529. The van der Waals surface area contributed by atoms with E-state index in [-0.39, 0.29) is 0 Å². The molecule has 0 fully saturated rings. The zero-order chi connectivity index (χ0) is 18.7. The SMILES string of the molecule is CCc1cccc(CC)c1-c1c(C(C)C)cc(C(C)C)cc1C(C)C. The summed E-state index contributed by atoms with van der Waals surface area (Å²) in [7, 11) is 0. The van der Waals surface area contributed by atoms with Crippen LogP contribution in [0.15, 0.2) is 30.3 Å². The highest BCUT2D eigenvalue weighted by Crippen LogP contribution is 2.41. The molecule has 0 saturated carbocycles. The van der Waals surface area contributed by atoms with E-state index in [1.54, 1.807) is 0 Å². The summed E-state index contributed by atoms with van der Waals surface area (Å²) in [6.45, 7) is 18.5. The van der Waals surface area contributed by atoms with Gasteiger partial charge >= 0.3 is 0 Å². The topological polar surface area (TPSA) is 0 Å². The van der Waals surface area contributed by atoms with Crippen LogP contribution in [0.25, 0.3) is 11.1 Å².